The normalized spacial score (nSPS) is 14.5. The molecule has 0 aliphatic heterocycles. The summed E-state index contributed by atoms with van der Waals surface area (Å²) < 4.78 is 27.1. The van der Waals surface area contributed by atoms with Gasteiger partial charge < -0.3 is 5.32 Å². The minimum Gasteiger partial charge on any atom is -0.310 e. The maximum atomic E-state index is 13.7. The molecule has 0 heterocycles. The van der Waals surface area contributed by atoms with Crippen LogP contribution in [0.3, 0.4) is 0 Å². The number of benzene rings is 2. The molecule has 0 saturated heterocycles. The van der Waals surface area contributed by atoms with Crippen molar-refractivity contribution in [1.82, 2.24) is 5.32 Å². The number of hydrogen-bond acceptors (Lipinski definition) is 2. The van der Waals surface area contributed by atoms with Crippen molar-refractivity contribution in [3.05, 3.63) is 59.7 Å². The molecule has 0 amide bonds. The van der Waals surface area contributed by atoms with Crippen molar-refractivity contribution in [3.63, 3.8) is 0 Å². The minimum atomic E-state index is -0.254. The average molecular weight is 291 g/mol. The molecule has 20 heavy (non-hydrogen) atoms. The molecule has 3 rings (SSSR count). The largest absolute Gasteiger partial charge is 0.310 e. The third kappa shape index (κ3) is 3.38. The van der Waals surface area contributed by atoms with Crippen LogP contribution in [0.5, 0.6) is 0 Å². The van der Waals surface area contributed by atoms with Gasteiger partial charge in [0.25, 0.3) is 0 Å². The van der Waals surface area contributed by atoms with E-state index < -0.39 is 0 Å². The molecule has 0 spiro atoms. The highest BCUT2D eigenvalue weighted by Crippen LogP contribution is 2.33. The van der Waals surface area contributed by atoms with E-state index in [0.29, 0.717) is 17.5 Å². The molecule has 104 valence electrons. The van der Waals surface area contributed by atoms with E-state index in [4.69, 9.17) is 0 Å². The summed E-state index contributed by atoms with van der Waals surface area (Å²) in [4.78, 5) is 1.46. The van der Waals surface area contributed by atoms with Gasteiger partial charge in [0.15, 0.2) is 0 Å². The Labute approximate surface area is 121 Å². The zero-order valence-corrected chi connectivity index (χ0v) is 11.7. The van der Waals surface area contributed by atoms with E-state index in [-0.39, 0.29) is 11.6 Å². The SMILES string of the molecule is Fc1ccc(Sc2ccccc2F)c(CNC2CC2)c1. The first kappa shape index (κ1) is 13.6. The molecule has 2 aromatic rings. The lowest BCUT2D eigenvalue weighted by Crippen LogP contribution is -2.16. The standard InChI is InChI=1S/C16H15F2NS/c17-12-5-8-15(11(9-12)10-19-13-6-7-13)20-16-4-2-1-3-14(16)18/h1-5,8-9,13,19H,6-7,10H2. The fourth-order valence-electron chi connectivity index (χ4n) is 1.97. The van der Waals surface area contributed by atoms with E-state index in [1.54, 1.807) is 24.3 Å². The van der Waals surface area contributed by atoms with Gasteiger partial charge in [0.05, 0.1) is 0 Å². The second-order valence-corrected chi connectivity index (χ2v) is 6.02. The lowest BCUT2D eigenvalue weighted by molar-refractivity contribution is 0.601. The maximum absolute atomic E-state index is 13.7. The van der Waals surface area contributed by atoms with E-state index in [9.17, 15) is 8.78 Å². The smallest absolute Gasteiger partial charge is 0.137 e. The first-order chi connectivity index (χ1) is 9.72. The molecule has 0 bridgehead atoms. The number of nitrogens with one attached hydrogen (secondary N) is 1. The summed E-state index contributed by atoms with van der Waals surface area (Å²) in [6, 6.07) is 11.9. The van der Waals surface area contributed by atoms with Crippen LogP contribution in [-0.4, -0.2) is 6.04 Å². The highest BCUT2D eigenvalue weighted by atomic mass is 32.2. The topological polar surface area (TPSA) is 12.0 Å². The van der Waals surface area contributed by atoms with Gasteiger partial charge >= 0.3 is 0 Å². The van der Waals surface area contributed by atoms with Gasteiger partial charge in [-0.2, -0.15) is 0 Å². The van der Waals surface area contributed by atoms with E-state index in [1.807, 2.05) is 0 Å². The third-order valence-corrected chi connectivity index (χ3v) is 4.41. The molecule has 0 atom stereocenters. The van der Waals surface area contributed by atoms with Crippen LogP contribution in [-0.2, 0) is 6.54 Å². The number of hydrogen-bond donors (Lipinski definition) is 1. The fourth-order valence-corrected chi connectivity index (χ4v) is 2.92. The molecule has 1 saturated carbocycles. The highest BCUT2D eigenvalue weighted by Gasteiger charge is 2.20. The summed E-state index contributed by atoms with van der Waals surface area (Å²) in [5, 5.41) is 3.37. The Morgan fingerprint density at radius 1 is 1.05 bits per heavy atom. The van der Waals surface area contributed by atoms with Gasteiger partial charge in [-0.3, -0.25) is 0 Å². The first-order valence-corrected chi connectivity index (χ1v) is 7.48. The van der Waals surface area contributed by atoms with Crippen molar-refractivity contribution >= 4 is 11.8 Å². The summed E-state index contributed by atoms with van der Waals surface area (Å²) in [6.45, 7) is 0.624. The minimum absolute atomic E-state index is 0.247. The molecule has 1 aliphatic carbocycles. The highest BCUT2D eigenvalue weighted by molar-refractivity contribution is 7.99. The first-order valence-electron chi connectivity index (χ1n) is 6.66. The lowest BCUT2D eigenvalue weighted by atomic mass is 10.2. The van der Waals surface area contributed by atoms with Crippen LogP contribution in [0.25, 0.3) is 0 Å². The molecule has 0 aromatic heterocycles. The molecule has 1 N–H and O–H groups in total. The zero-order chi connectivity index (χ0) is 13.9. The maximum Gasteiger partial charge on any atom is 0.137 e. The quantitative estimate of drug-likeness (QED) is 0.878. The van der Waals surface area contributed by atoms with Crippen LogP contribution in [0.4, 0.5) is 8.78 Å². The molecule has 2 aromatic carbocycles. The van der Waals surface area contributed by atoms with Crippen molar-refractivity contribution in [1.29, 1.82) is 0 Å². The van der Waals surface area contributed by atoms with Crippen LogP contribution in [0, 0.1) is 11.6 Å². The summed E-state index contributed by atoms with van der Waals surface area (Å²) in [5.74, 6) is -0.501. The van der Waals surface area contributed by atoms with Crippen LogP contribution in [0.1, 0.15) is 18.4 Å². The van der Waals surface area contributed by atoms with Crippen LogP contribution in [0.15, 0.2) is 52.3 Å². The summed E-state index contributed by atoms with van der Waals surface area (Å²) in [6.07, 6.45) is 2.37. The summed E-state index contributed by atoms with van der Waals surface area (Å²) in [7, 11) is 0. The van der Waals surface area contributed by atoms with Crippen molar-refractivity contribution in [2.24, 2.45) is 0 Å². The average Bonchev–Trinajstić information content (AvgIpc) is 3.25. The predicted molar refractivity (Wildman–Crippen MR) is 76.8 cm³/mol. The van der Waals surface area contributed by atoms with Crippen molar-refractivity contribution in [2.75, 3.05) is 0 Å². The fraction of sp³-hybridized carbons (Fsp3) is 0.250. The molecule has 1 aliphatic rings. The van der Waals surface area contributed by atoms with Gasteiger partial charge in [0.2, 0.25) is 0 Å². The molecule has 0 unspecified atom stereocenters. The van der Waals surface area contributed by atoms with Crippen LogP contribution < -0.4 is 5.32 Å². The van der Waals surface area contributed by atoms with E-state index >= 15 is 0 Å². The van der Waals surface area contributed by atoms with Gasteiger partial charge in [-0.25, -0.2) is 8.78 Å². The van der Waals surface area contributed by atoms with Gasteiger partial charge in [-0.15, -0.1) is 0 Å². The lowest BCUT2D eigenvalue weighted by Gasteiger charge is -2.10. The Bertz CT molecular complexity index is 611. The summed E-state index contributed by atoms with van der Waals surface area (Å²) in [5.41, 5.74) is 0.880. The molecule has 0 radical (unpaired) electrons. The Morgan fingerprint density at radius 2 is 1.85 bits per heavy atom. The Kier molecular flexibility index (Phi) is 4.03. The van der Waals surface area contributed by atoms with Crippen molar-refractivity contribution < 1.29 is 8.78 Å². The van der Waals surface area contributed by atoms with Gasteiger partial charge in [0.1, 0.15) is 11.6 Å². The van der Waals surface area contributed by atoms with Crippen LogP contribution in [0.2, 0.25) is 0 Å². The Balaban J connectivity index is 1.82. The molecule has 4 heteroatoms. The zero-order valence-electron chi connectivity index (χ0n) is 10.9. The van der Waals surface area contributed by atoms with Crippen molar-refractivity contribution in [3.8, 4) is 0 Å². The monoisotopic (exact) mass is 291 g/mol. The van der Waals surface area contributed by atoms with Gasteiger partial charge in [-0.05, 0) is 48.7 Å². The van der Waals surface area contributed by atoms with Crippen molar-refractivity contribution in [2.45, 2.75) is 35.2 Å². The molecular weight excluding hydrogens is 276 g/mol. The van der Waals surface area contributed by atoms with E-state index in [0.717, 1.165) is 10.5 Å². The Morgan fingerprint density at radius 3 is 2.60 bits per heavy atom. The number of halogens is 2. The second-order valence-electron chi connectivity index (χ2n) is 4.94. The van der Waals surface area contributed by atoms with Gasteiger partial charge in [-0.1, -0.05) is 23.9 Å². The van der Waals surface area contributed by atoms with Gasteiger partial charge in [0, 0.05) is 22.4 Å². The molecule has 1 fully saturated rings. The molecular formula is C16H15F2NS. The van der Waals surface area contributed by atoms with E-state index in [2.05, 4.69) is 5.32 Å². The third-order valence-electron chi connectivity index (χ3n) is 3.24. The molecule has 1 nitrogen and oxygen atoms in total. The Hall–Kier alpha value is -1.39. The van der Waals surface area contributed by atoms with E-state index in [1.165, 1.54) is 42.8 Å². The van der Waals surface area contributed by atoms with Crippen LogP contribution >= 0.6 is 11.8 Å². The number of rotatable bonds is 5. The predicted octanol–water partition coefficient (Wildman–Crippen LogP) is 4.37. The summed E-state index contributed by atoms with van der Waals surface area (Å²) >= 11 is 1.34. The second kappa shape index (κ2) is 5.94.